The van der Waals surface area contributed by atoms with Gasteiger partial charge in [-0.3, -0.25) is 4.79 Å². The third kappa shape index (κ3) is 1.73. The minimum atomic E-state index is 0.116. The van der Waals surface area contributed by atoms with Crippen LogP contribution in [0.15, 0.2) is 18.2 Å². The van der Waals surface area contributed by atoms with Crippen molar-refractivity contribution >= 4 is 17.3 Å². The van der Waals surface area contributed by atoms with Crippen LogP contribution in [0.5, 0.6) is 5.75 Å². The predicted octanol–water partition coefficient (Wildman–Crippen LogP) is 2.01. The Morgan fingerprint density at radius 2 is 2.35 bits per heavy atom. The van der Waals surface area contributed by atoms with Gasteiger partial charge in [0.25, 0.3) is 0 Å². The second kappa shape index (κ2) is 3.95. The number of carbonyl (C=O) groups excluding carboxylic acids is 1. The summed E-state index contributed by atoms with van der Waals surface area (Å²) in [6.07, 6.45) is 2.86. The van der Waals surface area contributed by atoms with Crippen LogP contribution in [0.2, 0.25) is 0 Å². The summed E-state index contributed by atoms with van der Waals surface area (Å²) in [6.45, 7) is 1.03. The van der Waals surface area contributed by atoms with E-state index in [1.54, 1.807) is 7.11 Å². The van der Waals surface area contributed by atoms with Gasteiger partial charge in [-0.25, -0.2) is 0 Å². The highest BCUT2D eigenvalue weighted by Gasteiger charge is 2.31. The Morgan fingerprint density at radius 3 is 3.18 bits per heavy atom. The maximum atomic E-state index is 11.8. The molecule has 1 fully saturated rings. The lowest BCUT2D eigenvalue weighted by molar-refractivity contribution is -0.116. The average molecular weight is 232 g/mol. The summed E-state index contributed by atoms with van der Waals surface area (Å²) in [7, 11) is 1.67. The van der Waals surface area contributed by atoms with Crippen LogP contribution in [0, 0.1) is 0 Å². The number of fused-ring (bicyclic) bond motifs is 3. The standard InChI is InChI=1S/C13H16N2O2/c1-17-10-4-5-11-12(8-10)15-6-2-3-9(15)7-13(16)14-11/h4-5,8-9H,2-3,6-7H2,1H3,(H,14,16). The number of amides is 1. The first-order valence-corrected chi connectivity index (χ1v) is 6.02. The van der Waals surface area contributed by atoms with Gasteiger partial charge in [0.05, 0.1) is 18.5 Å². The molecule has 1 unspecified atom stereocenters. The maximum Gasteiger partial charge on any atom is 0.226 e. The van der Waals surface area contributed by atoms with E-state index in [9.17, 15) is 4.79 Å². The number of methoxy groups -OCH3 is 1. The lowest BCUT2D eigenvalue weighted by atomic mass is 10.1. The van der Waals surface area contributed by atoms with E-state index in [4.69, 9.17) is 4.74 Å². The first kappa shape index (κ1) is 10.4. The van der Waals surface area contributed by atoms with E-state index in [2.05, 4.69) is 10.2 Å². The van der Waals surface area contributed by atoms with Crippen LogP contribution in [-0.4, -0.2) is 25.6 Å². The van der Waals surface area contributed by atoms with E-state index in [0.29, 0.717) is 12.5 Å². The summed E-state index contributed by atoms with van der Waals surface area (Å²) in [6, 6.07) is 6.17. The van der Waals surface area contributed by atoms with E-state index in [-0.39, 0.29) is 5.91 Å². The van der Waals surface area contributed by atoms with Crippen LogP contribution in [0.1, 0.15) is 19.3 Å². The van der Waals surface area contributed by atoms with Crippen molar-refractivity contribution in [3.63, 3.8) is 0 Å². The van der Waals surface area contributed by atoms with E-state index < -0.39 is 0 Å². The monoisotopic (exact) mass is 232 g/mol. The van der Waals surface area contributed by atoms with Gasteiger partial charge in [-0.15, -0.1) is 0 Å². The van der Waals surface area contributed by atoms with Gasteiger partial charge in [-0.2, -0.15) is 0 Å². The Morgan fingerprint density at radius 1 is 1.47 bits per heavy atom. The summed E-state index contributed by atoms with van der Waals surface area (Å²) in [5.41, 5.74) is 2.00. The van der Waals surface area contributed by atoms with Gasteiger partial charge < -0.3 is 15.0 Å². The van der Waals surface area contributed by atoms with Gasteiger partial charge >= 0.3 is 0 Å². The number of carbonyl (C=O) groups is 1. The summed E-state index contributed by atoms with van der Waals surface area (Å²) >= 11 is 0. The van der Waals surface area contributed by atoms with Gasteiger partial charge in [-0.05, 0) is 25.0 Å². The molecule has 1 aromatic carbocycles. The molecule has 1 N–H and O–H groups in total. The third-order valence-electron chi connectivity index (χ3n) is 3.59. The Kier molecular flexibility index (Phi) is 2.42. The lowest BCUT2D eigenvalue weighted by Crippen LogP contribution is -2.29. The fourth-order valence-corrected chi connectivity index (χ4v) is 2.76. The first-order chi connectivity index (χ1) is 8.28. The van der Waals surface area contributed by atoms with Crippen LogP contribution >= 0.6 is 0 Å². The van der Waals surface area contributed by atoms with E-state index in [1.807, 2.05) is 18.2 Å². The molecule has 4 heteroatoms. The Bertz CT molecular complexity index is 459. The second-order valence-corrected chi connectivity index (χ2v) is 4.62. The maximum absolute atomic E-state index is 11.8. The van der Waals surface area contributed by atoms with Crippen molar-refractivity contribution in [3.8, 4) is 5.75 Å². The van der Waals surface area contributed by atoms with Crippen molar-refractivity contribution in [3.05, 3.63) is 18.2 Å². The fraction of sp³-hybridized carbons (Fsp3) is 0.462. The van der Waals surface area contributed by atoms with Gasteiger partial charge in [0.2, 0.25) is 5.91 Å². The van der Waals surface area contributed by atoms with Crippen molar-refractivity contribution < 1.29 is 9.53 Å². The van der Waals surface area contributed by atoms with Crippen molar-refractivity contribution in [2.75, 3.05) is 23.9 Å². The zero-order valence-corrected chi connectivity index (χ0v) is 9.90. The highest BCUT2D eigenvalue weighted by Crippen LogP contribution is 2.38. The molecule has 2 heterocycles. The van der Waals surface area contributed by atoms with Crippen LogP contribution < -0.4 is 15.0 Å². The molecule has 4 nitrogen and oxygen atoms in total. The number of hydrogen-bond acceptors (Lipinski definition) is 3. The first-order valence-electron chi connectivity index (χ1n) is 6.02. The van der Waals surface area contributed by atoms with Crippen molar-refractivity contribution in [1.82, 2.24) is 0 Å². The van der Waals surface area contributed by atoms with Crippen molar-refractivity contribution in [1.29, 1.82) is 0 Å². The molecule has 0 saturated carbocycles. The fourth-order valence-electron chi connectivity index (χ4n) is 2.76. The Balaban J connectivity index is 2.07. The summed E-state index contributed by atoms with van der Waals surface area (Å²) in [5, 5.41) is 2.97. The Hall–Kier alpha value is -1.71. The number of rotatable bonds is 1. The third-order valence-corrected chi connectivity index (χ3v) is 3.59. The van der Waals surface area contributed by atoms with Gasteiger partial charge in [0, 0.05) is 25.1 Å². The van der Waals surface area contributed by atoms with E-state index in [1.165, 1.54) is 0 Å². The summed E-state index contributed by atoms with van der Waals surface area (Å²) < 4.78 is 5.26. The van der Waals surface area contributed by atoms with Crippen LogP contribution in [0.25, 0.3) is 0 Å². The zero-order valence-electron chi connectivity index (χ0n) is 9.90. The molecule has 1 saturated heterocycles. The molecule has 0 bridgehead atoms. The molecule has 1 atom stereocenters. The SMILES string of the molecule is COc1ccc2c(c1)N1CCCC1CC(=O)N2. The number of hydrogen-bond donors (Lipinski definition) is 1. The minimum Gasteiger partial charge on any atom is -0.497 e. The topological polar surface area (TPSA) is 41.6 Å². The molecule has 0 aliphatic carbocycles. The number of anilines is 2. The molecule has 1 amide bonds. The molecule has 90 valence electrons. The average Bonchev–Trinajstić information content (AvgIpc) is 2.72. The zero-order chi connectivity index (χ0) is 11.8. The summed E-state index contributed by atoms with van der Waals surface area (Å²) in [5.74, 6) is 0.955. The minimum absolute atomic E-state index is 0.116. The molecular formula is C13H16N2O2. The van der Waals surface area contributed by atoms with Crippen molar-refractivity contribution in [2.24, 2.45) is 0 Å². The molecule has 2 aliphatic heterocycles. The van der Waals surface area contributed by atoms with E-state index in [0.717, 1.165) is 36.5 Å². The van der Waals surface area contributed by atoms with Crippen LogP contribution in [0.3, 0.4) is 0 Å². The van der Waals surface area contributed by atoms with Gasteiger partial charge in [0.1, 0.15) is 5.75 Å². The number of nitrogens with zero attached hydrogens (tertiary/aromatic N) is 1. The smallest absolute Gasteiger partial charge is 0.226 e. The van der Waals surface area contributed by atoms with Crippen LogP contribution in [0.4, 0.5) is 11.4 Å². The molecule has 0 spiro atoms. The van der Waals surface area contributed by atoms with Gasteiger partial charge in [-0.1, -0.05) is 0 Å². The van der Waals surface area contributed by atoms with Gasteiger partial charge in [0.15, 0.2) is 0 Å². The molecule has 0 radical (unpaired) electrons. The highest BCUT2D eigenvalue weighted by atomic mass is 16.5. The normalized spacial score (nSPS) is 22.5. The molecule has 0 aromatic heterocycles. The predicted molar refractivity (Wildman–Crippen MR) is 66.6 cm³/mol. The molecule has 1 aromatic rings. The number of ether oxygens (including phenoxy) is 1. The summed E-state index contributed by atoms with van der Waals surface area (Å²) in [4.78, 5) is 14.1. The van der Waals surface area contributed by atoms with Crippen molar-refractivity contribution in [2.45, 2.75) is 25.3 Å². The van der Waals surface area contributed by atoms with Crippen LogP contribution in [-0.2, 0) is 4.79 Å². The quantitative estimate of drug-likeness (QED) is 0.805. The molecule has 17 heavy (non-hydrogen) atoms. The molecule has 3 rings (SSSR count). The molecular weight excluding hydrogens is 216 g/mol. The Labute approximate surface area is 101 Å². The largest absolute Gasteiger partial charge is 0.497 e. The van der Waals surface area contributed by atoms with E-state index >= 15 is 0 Å². The lowest BCUT2D eigenvalue weighted by Gasteiger charge is -2.25. The highest BCUT2D eigenvalue weighted by molar-refractivity contribution is 5.97. The number of benzene rings is 1. The second-order valence-electron chi connectivity index (χ2n) is 4.62. The molecule has 2 aliphatic rings. The number of nitrogens with one attached hydrogen (secondary N) is 1.